The molecule has 1 aliphatic rings. The molecule has 21 heavy (non-hydrogen) atoms. The Morgan fingerprint density at radius 2 is 2.10 bits per heavy atom. The first-order valence-corrected chi connectivity index (χ1v) is 7.99. The molecule has 0 aromatic heterocycles. The number of rotatable bonds is 9. The Bertz CT molecular complexity index is 394. The van der Waals surface area contributed by atoms with E-state index in [0.29, 0.717) is 6.10 Å². The minimum absolute atomic E-state index is 0.403. The molecule has 4 heteroatoms. The zero-order valence-corrected chi connectivity index (χ0v) is 13.3. The largest absolute Gasteiger partial charge is 0.492 e. The van der Waals surface area contributed by atoms with Gasteiger partial charge in [-0.1, -0.05) is 19.1 Å². The van der Waals surface area contributed by atoms with Crippen molar-refractivity contribution in [2.24, 2.45) is 0 Å². The van der Waals surface area contributed by atoms with Gasteiger partial charge >= 0.3 is 0 Å². The van der Waals surface area contributed by atoms with E-state index in [1.807, 2.05) is 0 Å². The van der Waals surface area contributed by atoms with Crippen molar-refractivity contribution < 1.29 is 9.47 Å². The van der Waals surface area contributed by atoms with E-state index < -0.39 is 0 Å². The summed E-state index contributed by atoms with van der Waals surface area (Å²) in [6.07, 6.45) is 2.71. The lowest BCUT2D eigenvalue weighted by molar-refractivity contribution is 0.106. The first-order valence-electron chi connectivity index (χ1n) is 7.99. The van der Waals surface area contributed by atoms with Gasteiger partial charge in [-0.05, 0) is 37.1 Å². The number of nitrogens with zero attached hydrogens (tertiary/aromatic N) is 1. The standard InChI is InChI=1S/C17H28N2O2/c1-3-9-18-13-15-4-6-16(7-5-15)21-12-11-19-10-8-17(14-19)20-2/h4-7,17-18H,3,8-14H2,1-2H3. The van der Waals surface area contributed by atoms with E-state index in [2.05, 4.69) is 41.4 Å². The monoisotopic (exact) mass is 292 g/mol. The summed E-state index contributed by atoms with van der Waals surface area (Å²) in [5.41, 5.74) is 1.30. The summed E-state index contributed by atoms with van der Waals surface area (Å²) in [7, 11) is 1.79. The third kappa shape index (κ3) is 5.65. The van der Waals surface area contributed by atoms with Gasteiger partial charge in [0.2, 0.25) is 0 Å². The lowest BCUT2D eigenvalue weighted by Crippen LogP contribution is -2.27. The van der Waals surface area contributed by atoms with Gasteiger partial charge in [-0.15, -0.1) is 0 Å². The van der Waals surface area contributed by atoms with Gasteiger partial charge in [0.15, 0.2) is 0 Å². The second kappa shape index (κ2) is 9.03. The molecule has 1 saturated heterocycles. The van der Waals surface area contributed by atoms with Crippen LogP contribution in [-0.4, -0.2) is 50.9 Å². The van der Waals surface area contributed by atoms with E-state index in [0.717, 1.165) is 51.5 Å². The van der Waals surface area contributed by atoms with Crippen LogP contribution in [0.1, 0.15) is 25.3 Å². The van der Waals surface area contributed by atoms with Gasteiger partial charge < -0.3 is 14.8 Å². The number of likely N-dealkylation sites (tertiary alicyclic amines) is 1. The van der Waals surface area contributed by atoms with Crippen molar-refractivity contribution >= 4 is 0 Å². The molecule has 1 heterocycles. The molecule has 0 radical (unpaired) electrons. The van der Waals surface area contributed by atoms with Gasteiger partial charge in [-0.25, -0.2) is 0 Å². The fourth-order valence-corrected chi connectivity index (χ4v) is 2.60. The van der Waals surface area contributed by atoms with Crippen LogP contribution in [0, 0.1) is 0 Å². The quantitative estimate of drug-likeness (QED) is 0.708. The molecular weight excluding hydrogens is 264 g/mol. The Morgan fingerprint density at radius 3 is 2.76 bits per heavy atom. The Balaban J connectivity index is 1.64. The molecule has 118 valence electrons. The van der Waals surface area contributed by atoms with E-state index in [4.69, 9.17) is 9.47 Å². The maximum absolute atomic E-state index is 5.81. The average molecular weight is 292 g/mol. The number of hydrogen-bond donors (Lipinski definition) is 1. The average Bonchev–Trinajstić information content (AvgIpc) is 2.97. The molecule has 0 saturated carbocycles. The number of ether oxygens (including phenoxy) is 2. The zero-order chi connectivity index (χ0) is 14.9. The fraction of sp³-hybridized carbons (Fsp3) is 0.647. The van der Waals surface area contributed by atoms with E-state index in [1.54, 1.807) is 7.11 Å². The van der Waals surface area contributed by atoms with Crippen LogP contribution in [0.3, 0.4) is 0 Å². The number of methoxy groups -OCH3 is 1. The number of nitrogens with one attached hydrogen (secondary N) is 1. The van der Waals surface area contributed by atoms with Crippen molar-refractivity contribution in [2.75, 3.05) is 39.9 Å². The van der Waals surface area contributed by atoms with Crippen molar-refractivity contribution in [1.82, 2.24) is 10.2 Å². The molecule has 0 bridgehead atoms. The molecule has 4 nitrogen and oxygen atoms in total. The Labute approximate surface area is 128 Å². The SMILES string of the molecule is CCCNCc1ccc(OCCN2CCC(OC)C2)cc1. The Hall–Kier alpha value is -1.10. The third-order valence-electron chi connectivity index (χ3n) is 3.92. The first kappa shape index (κ1) is 16.3. The van der Waals surface area contributed by atoms with Gasteiger partial charge in [0.25, 0.3) is 0 Å². The van der Waals surface area contributed by atoms with E-state index in [9.17, 15) is 0 Å². The topological polar surface area (TPSA) is 33.7 Å². The number of benzene rings is 1. The zero-order valence-electron chi connectivity index (χ0n) is 13.3. The maximum atomic E-state index is 5.81. The highest BCUT2D eigenvalue weighted by atomic mass is 16.5. The van der Waals surface area contributed by atoms with Crippen LogP contribution in [0.5, 0.6) is 5.75 Å². The van der Waals surface area contributed by atoms with Gasteiger partial charge in [0.05, 0.1) is 6.10 Å². The molecule has 2 rings (SSSR count). The highest BCUT2D eigenvalue weighted by molar-refractivity contribution is 5.27. The molecule has 0 spiro atoms. The highest BCUT2D eigenvalue weighted by Gasteiger charge is 2.21. The molecule has 1 aliphatic heterocycles. The smallest absolute Gasteiger partial charge is 0.119 e. The minimum atomic E-state index is 0.403. The summed E-state index contributed by atoms with van der Waals surface area (Å²) >= 11 is 0. The van der Waals surface area contributed by atoms with E-state index in [-0.39, 0.29) is 0 Å². The van der Waals surface area contributed by atoms with Crippen LogP contribution in [-0.2, 0) is 11.3 Å². The van der Waals surface area contributed by atoms with Crippen molar-refractivity contribution in [2.45, 2.75) is 32.4 Å². The fourth-order valence-electron chi connectivity index (χ4n) is 2.60. The second-order valence-corrected chi connectivity index (χ2v) is 5.62. The summed E-state index contributed by atoms with van der Waals surface area (Å²) in [6.45, 7) is 8.03. The van der Waals surface area contributed by atoms with E-state index >= 15 is 0 Å². The van der Waals surface area contributed by atoms with Crippen molar-refractivity contribution in [3.05, 3.63) is 29.8 Å². The predicted octanol–water partition coefficient (Wildman–Crippen LogP) is 2.29. The molecule has 1 aromatic rings. The van der Waals surface area contributed by atoms with Crippen molar-refractivity contribution in [3.8, 4) is 5.75 Å². The molecule has 0 aliphatic carbocycles. The summed E-state index contributed by atoms with van der Waals surface area (Å²) in [5.74, 6) is 0.955. The summed E-state index contributed by atoms with van der Waals surface area (Å²) < 4.78 is 11.2. The van der Waals surface area contributed by atoms with Gasteiger partial charge in [0, 0.05) is 33.3 Å². The van der Waals surface area contributed by atoms with Crippen LogP contribution in [0.25, 0.3) is 0 Å². The maximum Gasteiger partial charge on any atom is 0.119 e. The predicted molar refractivity (Wildman–Crippen MR) is 85.8 cm³/mol. The second-order valence-electron chi connectivity index (χ2n) is 5.62. The Morgan fingerprint density at radius 1 is 1.29 bits per heavy atom. The van der Waals surface area contributed by atoms with Crippen LogP contribution in [0.15, 0.2) is 24.3 Å². The highest BCUT2D eigenvalue weighted by Crippen LogP contribution is 2.14. The summed E-state index contributed by atoms with van der Waals surface area (Å²) in [6, 6.07) is 8.39. The van der Waals surface area contributed by atoms with Gasteiger partial charge in [-0.2, -0.15) is 0 Å². The molecule has 1 fully saturated rings. The van der Waals surface area contributed by atoms with Crippen LogP contribution in [0.2, 0.25) is 0 Å². The van der Waals surface area contributed by atoms with Crippen LogP contribution >= 0.6 is 0 Å². The molecule has 1 N–H and O–H groups in total. The minimum Gasteiger partial charge on any atom is -0.492 e. The molecular formula is C17H28N2O2. The third-order valence-corrected chi connectivity index (χ3v) is 3.92. The molecule has 1 aromatic carbocycles. The van der Waals surface area contributed by atoms with Crippen molar-refractivity contribution in [3.63, 3.8) is 0 Å². The normalized spacial score (nSPS) is 19.0. The molecule has 0 amide bonds. The molecule has 1 unspecified atom stereocenters. The number of hydrogen-bond acceptors (Lipinski definition) is 4. The lowest BCUT2D eigenvalue weighted by Gasteiger charge is -2.16. The summed E-state index contributed by atoms with van der Waals surface area (Å²) in [4.78, 5) is 2.40. The van der Waals surface area contributed by atoms with E-state index in [1.165, 1.54) is 12.0 Å². The van der Waals surface area contributed by atoms with Crippen LogP contribution in [0.4, 0.5) is 0 Å². The van der Waals surface area contributed by atoms with Gasteiger partial charge in [-0.3, -0.25) is 4.90 Å². The summed E-state index contributed by atoms with van der Waals surface area (Å²) in [5, 5.41) is 3.40. The molecule has 1 atom stereocenters. The lowest BCUT2D eigenvalue weighted by atomic mass is 10.2. The van der Waals surface area contributed by atoms with Crippen molar-refractivity contribution in [1.29, 1.82) is 0 Å². The van der Waals surface area contributed by atoms with Gasteiger partial charge in [0.1, 0.15) is 12.4 Å². The Kier molecular flexibility index (Phi) is 7.00. The first-order chi connectivity index (χ1) is 10.3. The van der Waals surface area contributed by atoms with Crippen LogP contribution < -0.4 is 10.1 Å².